The lowest BCUT2D eigenvalue weighted by Gasteiger charge is -2.32. The van der Waals surface area contributed by atoms with E-state index >= 15 is 0 Å². The number of benzene rings is 2. The molecule has 0 aromatic heterocycles. The molecule has 0 bridgehead atoms. The number of unbranched alkanes of at least 4 members (excludes halogenated alkanes) is 2. The fourth-order valence-electron chi connectivity index (χ4n) is 3.45. The Kier molecular flexibility index (Phi) is 6.62. The predicted molar refractivity (Wildman–Crippen MR) is 114 cm³/mol. The van der Waals surface area contributed by atoms with E-state index in [4.69, 9.17) is 4.18 Å². The lowest BCUT2D eigenvalue weighted by molar-refractivity contribution is 0.203. The van der Waals surface area contributed by atoms with Gasteiger partial charge < -0.3 is 9.80 Å². The number of fused-ring (bicyclic) bond motifs is 1. The van der Waals surface area contributed by atoms with Gasteiger partial charge in [-0.2, -0.15) is 8.42 Å². The molecule has 6 heteroatoms. The summed E-state index contributed by atoms with van der Waals surface area (Å²) in [5.74, 6) is 0. The van der Waals surface area contributed by atoms with Crippen molar-refractivity contribution in [1.82, 2.24) is 0 Å². The highest BCUT2D eigenvalue weighted by atomic mass is 32.2. The summed E-state index contributed by atoms with van der Waals surface area (Å²) in [6, 6.07) is 14.9. The Morgan fingerprint density at radius 2 is 1.36 bits per heavy atom. The predicted octanol–water partition coefficient (Wildman–Crippen LogP) is 4.91. The summed E-state index contributed by atoms with van der Waals surface area (Å²) in [7, 11) is -3.88. The lowest BCUT2D eigenvalue weighted by atomic mass is 10.2. The van der Waals surface area contributed by atoms with E-state index in [-0.39, 0.29) is 4.90 Å². The molecular formula is C22H30N2O3S. The number of anilines is 2. The standard InChI is InChI=1S/C22H30N2O3S/c1-4-6-16-23-20-10-8-9-11-21(20)24(17-7-5-2)22(23)27-28(25,26)19-14-12-18(3)13-15-19/h8-15,22H,4-7,16-17H2,1-3H3. The second-order valence-electron chi connectivity index (χ2n) is 7.27. The maximum Gasteiger partial charge on any atom is 0.300 e. The van der Waals surface area contributed by atoms with Crippen LogP contribution in [0.25, 0.3) is 0 Å². The zero-order chi connectivity index (χ0) is 20.1. The third kappa shape index (κ3) is 4.33. The van der Waals surface area contributed by atoms with Crippen molar-refractivity contribution in [2.24, 2.45) is 0 Å². The molecule has 1 heterocycles. The highest BCUT2D eigenvalue weighted by Crippen LogP contribution is 2.41. The minimum atomic E-state index is -3.88. The summed E-state index contributed by atoms with van der Waals surface area (Å²) in [6.45, 7) is 7.71. The molecule has 2 aromatic carbocycles. The van der Waals surface area contributed by atoms with Crippen LogP contribution >= 0.6 is 0 Å². The lowest BCUT2D eigenvalue weighted by Crippen LogP contribution is -2.47. The maximum absolute atomic E-state index is 13.0. The summed E-state index contributed by atoms with van der Waals surface area (Å²) in [4.78, 5) is 4.36. The van der Waals surface area contributed by atoms with Crippen LogP contribution in [0.2, 0.25) is 0 Å². The van der Waals surface area contributed by atoms with E-state index in [1.54, 1.807) is 24.3 Å². The zero-order valence-corrected chi connectivity index (χ0v) is 17.8. The van der Waals surface area contributed by atoms with Gasteiger partial charge in [-0.25, -0.2) is 4.18 Å². The van der Waals surface area contributed by atoms with Crippen molar-refractivity contribution < 1.29 is 12.6 Å². The molecule has 0 unspecified atom stereocenters. The Hall–Kier alpha value is -2.05. The van der Waals surface area contributed by atoms with Gasteiger partial charge in [-0.1, -0.05) is 56.5 Å². The van der Waals surface area contributed by atoms with E-state index in [9.17, 15) is 8.42 Å². The van der Waals surface area contributed by atoms with Crippen molar-refractivity contribution in [3.8, 4) is 0 Å². The average Bonchev–Trinajstić information content (AvgIpc) is 2.97. The first-order chi connectivity index (χ1) is 13.5. The second-order valence-corrected chi connectivity index (χ2v) is 8.84. The molecule has 0 fully saturated rings. The fraction of sp³-hybridized carbons (Fsp3) is 0.455. The van der Waals surface area contributed by atoms with E-state index in [0.29, 0.717) is 0 Å². The first kappa shape index (κ1) is 20.7. The van der Waals surface area contributed by atoms with Gasteiger partial charge in [0, 0.05) is 13.1 Å². The third-order valence-electron chi connectivity index (χ3n) is 5.06. The van der Waals surface area contributed by atoms with Crippen molar-refractivity contribution in [3.05, 3.63) is 54.1 Å². The molecular weight excluding hydrogens is 372 g/mol. The van der Waals surface area contributed by atoms with Crippen molar-refractivity contribution >= 4 is 21.5 Å². The molecule has 1 aliphatic rings. The Balaban J connectivity index is 1.95. The van der Waals surface area contributed by atoms with Crippen LogP contribution in [-0.2, 0) is 14.3 Å². The summed E-state index contributed by atoms with van der Waals surface area (Å²) >= 11 is 0. The molecule has 0 saturated heterocycles. The Morgan fingerprint density at radius 1 is 0.857 bits per heavy atom. The normalized spacial score (nSPS) is 14.5. The molecule has 0 amide bonds. The van der Waals surface area contributed by atoms with Crippen LogP contribution in [0.15, 0.2) is 53.4 Å². The number of rotatable bonds is 9. The van der Waals surface area contributed by atoms with Crippen molar-refractivity contribution in [2.75, 3.05) is 22.9 Å². The van der Waals surface area contributed by atoms with E-state index in [1.165, 1.54) is 0 Å². The van der Waals surface area contributed by atoms with Crippen LogP contribution in [0.5, 0.6) is 0 Å². The third-order valence-corrected chi connectivity index (χ3v) is 6.34. The van der Waals surface area contributed by atoms with Crippen molar-refractivity contribution in [1.29, 1.82) is 0 Å². The van der Waals surface area contributed by atoms with Crippen molar-refractivity contribution in [2.45, 2.75) is 57.7 Å². The van der Waals surface area contributed by atoms with Gasteiger partial charge in [0.1, 0.15) is 0 Å². The summed E-state index contributed by atoms with van der Waals surface area (Å²) < 4.78 is 31.9. The Labute approximate surface area is 169 Å². The molecule has 0 saturated carbocycles. The molecule has 28 heavy (non-hydrogen) atoms. The topological polar surface area (TPSA) is 49.9 Å². The largest absolute Gasteiger partial charge is 0.326 e. The molecule has 0 spiro atoms. The Bertz CT molecular complexity index is 846. The van der Waals surface area contributed by atoms with E-state index in [0.717, 1.165) is 55.7 Å². The highest BCUT2D eigenvalue weighted by molar-refractivity contribution is 7.86. The van der Waals surface area contributed by atoms with Crippen LogP contribution < -0.4 is 9.80 Å². The molecule has 1 aliphatic heterocycles. The molecule has 2 aromatic rings. The van der Waals surface area contributed by atoms with Gasteiger partial charge in [-0.05, 0) is 44.0 Å². The first-order valence-electron chi connectivity index (χ1n) is 10.1. The van der Waals surface area contributed by atoms with Crippen LogP contribution in [0, 0.1) is 6.92 Å². The first-order valence-corrected chi connectivity index (χ1v) is 11.5. The van der Waals surface area contributed by atoms with Gasteiger partial charge >= 0.3 is 0 Å². The highest BCUT2D eigenvalue weighted by Gasteiger charge is 2.39. The van der Waals surface area contributed by atoms with Gasteiger partial charge in [-0.3, -0.25) is 0 Å². The van der Waals surface area contributed by atoms with E-state index in [2.05, 4.69) is 23.6 Å². The van der Waals surface area contributed by atoms with Gasteiger partial charge in [0.25, 0.3) is 10.1 Å². The number of nitrogens with zero attached hydrogens (tertiary/aromatic N) is 2. The van der Waals surface area contributed by atoms with Crippen LogP contribution in [0.1, 0.15) is 45.1 Å². The molecule has 152 valence electrons. The monoisotopic (exact) mass is 402 g/mol. The summed E-state index contributed by atoms with van der Waals surface area (Å²) in [5.41, 5.74) is 3.09. The molecule has 3 rings (SSSR count). The molecule has 0 N–H and O–H groups in total. The Morgan fingerprint density at radius 3 is 1.82 bits per heavy atom. The molecule has 0 atom stereocenters. The van der Waals surface area contributed by atoms with Gasteiger partial charge in [0.2, 0.25) is 6.35 Å². The van der Waals surface area contributed by atoms with Crippen LogP contribution in [0.4, 0.5) is 11.4 Å². The smallest absolute Gasteiger partial charge is 0.300 e. The fourth-order valence-corrected chi connectivity index (χ4v) is 4.47. The van der Waals surface area contributed by atoms with E-state index in [1.807, 2.05) is 31.2 Å². The molecule has 5 nitrogen and oxygen atoms in total. The van der Waals surface area contributed by atoms with Crippen molar-refractivity contribution in [3.63, 3.8) is 0 Å². The minimum absolute atomic E-state index is 0.194. The quantitative estimate of drug-likeness (QED) is 0.558. The zero-order valence-electron chi connectivity index (χ0n) is 17.0. The van der Waals surface area contributed by atoms with Gasteiger partial charge in [0.15, 0.2) is 0 Å². The number of hydrogen-bond acceptors (Lipinski definition) is 5. The van der Waals surface area contributed by atoms with Crippen LogP contribution in [-0.4, -0.2) is 27.9 Å². The van der Waals surface area contributed by atoms with Gasteiger partial charge in [-0.15, -0.1) is 0 Å². The number of hydrogen-bond donors (Lipinski definition) is 0. The number of para-hydroxylation sites is 2. The second kappa shape index (κ2) is 8.97. The maximum atomic E-state index is 13.0. The number of aryl methyl sites for hydroxylation is 1. The van der Waals surface area contributed by atoms with Crippen LogP contribution in [0.3, 0.4) is 0 Å². The van der Waals surface area contributed by atoms with Gasteiger partial charge in [0.05, 0.1) is 16.3 Å². The minimum Gasteiger partial charge on any atom is -0.326 e. The SMILES string of the molecule is CCCCN1c2ccccc2N(CCCC)C1OS(=O)(=O)c1ccc(C)cc1. The molecule has 0 aliphatic carbocycles. The summed E-state index contributed by atoms with van der Waals surface area (Å²) in [6.07, 6.45) is 3.36. The molecule has 0 radical (unpaired) electrons. The summed E-state index contributed by atoms with van der Waals surface area (Å²) in [5, 5.41) is 0. The average molecular weight is 403 g/mol. The van der Waals surface area contributed by atoms with E-state index < -0.39 is 16.5 Å².